The molecule has 0 aliphatic heterocycles. The predicted molar refractivity (Wildman–Crippen MR) is 118 cm³/mol. The summed E-state index contributed by atoms with van der Waals surface area (Å²) < 4.78 is 17.9. The molecule has 2 aromatic heterocycles. The fourth-order valence-corrected chi connectivity index (χ4v) is 3.99. The molecule has 0 atom stereocenters. The second-order valence-electron chi connectivity index (χ2n) is 7.29. The smallest absolute Gasteiger partial charge is 0.123 e. The van der Waals surface area contributed by atoms with E-state index in [9.17, 15) is 4.39 Å². The van der Waals surface area contributed by atoms with Gasteiger partial charge in [0.1, 0.15) is 5.82 Å². The third-order valence-electron chi connectivity index (χ3n) is 5.48. The predicted octanol–water partition coefficient (Wildman–Crippen LogP) is 5.02. The van der Waals surface area contributed by atoms with E-state index in [1.807, 2.05) is 36.4 Å². The Labute approximate surface area is 178 Å². The summed E-state index contributed by atoms with van der Waals surface area (Å²) >= 11 is 0. The zero-order valence-electron chi connectivity index (χ0n) is 16.9. The quantitative estimate of drug-likeness (QED) is 0.442. The highest BCUT2D eigenvalue weighted by atomic mass is 19.1. The topological polar surface area (TPSA) is 71.5 Å². The number of aromatic nitrogens is 4. The lowest BCUT2D eigenvalue weighted by atomic mass is 10.1. The third-order valence-corrected chi connectivity index (χ3v) is 5.48. The molecule has 3 aromatic carbocycles. The highest BCUT2D eigenvalue weighted by Gasteiger charge is 2.13. The Balaban J connectivity index is 1.51. The SMILES string of the molecule is CCn1c2ccc(F)cc2c2cc(-n3nncc3CNc3ccc(C#N)cc3)ccc21. The van der Waals surface area contributed by atoms with Crippen molar-refractivity contribution in [3.8, 4) is 11.8 Å². The maximum atomic E-state index is 14.0. The number of halogens is 1. The van der Waals surface area contributed by atoms with E-state index in [2.05, 4.69) is 33.2 Å². The normalized spacial score (nSPS) is 11.1. The Morgan fingerprint density at radius 1 is 1.00 bits per heavy atom. The molecule has 0 amide bonds. The number of benzene rings is 3. The first kappa shape index (κ1) is 18.8. The van der Waals surface area contributed by atoms with Gasteiger partial charge in [-0.15, -0.1) is 5.10 Å². The molecule has 5 aromatic rings. The lowest BCUT2D eigenvalue weighted by Gasteiger charge is -2.09. The highest BCUT2D eigenvalue weighted by molar-refractivity contribution is 6.08. The largest absolute Gasteiger partial charge is 0.379 e. The molecule has 1 N–H and O–H groups in total. The van der Waals surface area contributed by atoms with Gasteiger partial charge in [-0.2, -0.15) is 5.26 Å². The zero-order valence-corrected chi connectivity index (χ0v) is 16.9. The number of aryl methyl sites for hydroxylation is 1. The molecule has 0 aliphatic carbocycles. The number of hydrogen-bond donors (Lipinski definition) is 1. The molecule has 0 spiro atoms. The molecule has 2 heterocycles. The number of nitrogens with one attached hydrogen (secondary N) is 1. The molecule has 6 nitrogen and oxygen atoms in total. The molecule has 0 bridgehead atoms. The van der Waals surface area contributed by atoms with Gasteiger partial charge in [0.2, 0.25) is 0 Å². The monoisotopic (exact) mass is 410 g/mol. The minimum Gasteiger partial charge on any atom is -0.379 e. The Morgan fingerprint density at radius 3 is 2.48 bits per heavy atom. The number of fused-ring (bicyclic) bond motifs is 3. The summed E-state index contributed by atoms with van der Waals surface area (Å²) in [4.78, 5) is 0. The Morgan fingerprint density at radius 2 is 1.74 bits per heavy atom. The molecule has 0 fully saturated rings. The molecular formula is C24H19FN6. The van der Waals surface area contributed by atoms with Crippen LogP contribution in [0.2, 0.25) is 0 Å². The molecule has 152 valence electrons. The second kappa shape index (κ2) is 7.58. The van der Waals surface area contributed by atoms with Crippen LogP contribution in [0.15, 0.2) is 66.9 Å². The Bertz CT molecular complexity index is 1440. The van der Waals surface area contributed by atoms with Crippen LogP contribution in [0, 0.1) is 17.1 Å². The molecule has 7 heteroatoms. The van der Waals surface area contributed by atoms with Crippen LogP contribution in [0.5, 0.6) is 0 Å². The maximum Gasteiger partial charge on any atom is 0.123 e. The van der Waals surface area contributed by atoms with Crippen LogP contribution in [-0.2, 0) is 13.1 Å². The lowest BCUT2D eigenvalue weighted by molar-refractivity contribution is 0.629. The van der Waals surface area contributed by atoms with Crippen molar-refractivity contribution in [2.75, 3.05) is 5.32 Å². The summed E-state index contributed by atoms with van der Waals surface area (Å²) in [5.74, 6) is -0.249. The van der Waals surface area contributed by atoms with Crippen molar-refractivity contribution in [2.45, 2.75) is 20.0 Å². The van der Waals surface area contributed by atoms with Crippen LogP contribution in [-0.4, -0.2) is 19.6 Å². The first-order chi connectivity index (χ1) is 15.2. The van der Waals surface area contributed by atoms with Gasteiger partial charge in [-0.1, -0.05) is 5.21 Å². The number of rotatable bonds is 5. The van der Waals surface area contributed by atoms with Gasteiger partial charge in [-0.25, -0.2) is 9.07 Å². The van der Waals surface area contributed by atoms with Gasteiger partial charge in [0.25, 0.3) is 0 Å². The number of hydrogen-bond acceptors (Lipinski definition) is 4. The Kier molecular flexibility index (Phi) is 4.60. The van der Waals surface area contributed by atoms with Crippen molar-refractivity contribution in [2.24, 2.45) is 0 Å². The lowest BCUT2D eigenvalue weighted by Crippen LogP contribution is -2.07. The van der Waals surface area contributed by atoms with Crippen LogP contribution >= 0.6 is 0 Å². The number of nitrogens with zero attached hydrogens (tertiary/aromatic N) is 5. The minimum absolute atomic E-state index is 0.249. The van der Waals surface area contributed by atoms with Crippen molar-refractivity contribution in [3.05, 3.63) is 83.9 Å². The van der Waals surface area contributed by atoms with E-state index in [1.54, 1.807) is 29.1 Å². The van der Waals surface area contributed by atoms with E-state index in [0.29, 0.717) is 12.1 Å². The number of anilines is 1. The molecule has 0 aliphatic rings. The molecule has 5 rings (SSSR count). The van der Waals surface area contributed by atoms with E-state index in [1.165, 1.54) is 6.07 Å². The van der Waals surface area contributed by atoms with Gasteiger partial charge < -0.3 is 9.88 Å². The summed E-state index contributed by atoms with van der Waals surface area (Å²) in [6, 6.07) is 20.4. The molecule has 0 unspecified atom stereocenters. The van der Waals surface area contributed by atoms with Crippen LogP contribution in [0.25, 0.3) is 27.5 Å². The molecule has 0 saturated heterocycles. The summed E-state index contributed by atoms with van der Waals surface area (Å²) in [5, 5.41) is 22.5. The first-order valence-electron chi connectivity index (χ1n) is 10.0. The van der Waals surface area contributed by atoms with Crippen molar-refractivity contribution in [1.29, 1.82) is 5.26 Å². The second-order valence-corrected chi connectivity index (χ2v) is 7.29. The molecule has 0 saturated carbocycles. The average molecular weight is 410 g/mol. The van der Waals surface area contributed by atoms with E-state index in [4.69, 9.17) is 5.26 Å². The molecular weight excluding hydrogens is 391 g/mol. The minimum atomic E-state index is -0.249. The summed E-state index contributed by atoms with van der Waals surface area (Å²) in [6.45, 7) is 3.40. The van der Waals surface area contributed by atoms with Gasteiger partial charge in [-0.05, 0) is 67.6 Å². The van der Waals surface area contributed by atoms with Crippen molar-refractivity contribution in [3.63, 3.8) is 0 Å². The van der Waals surface area contributed by atoms with Crippen molar-refractivity contribution < 1.29 is 4.39 Å². The average Bonchev–Trinajstić information content (AvgIpc) is 3.39. The van der Waals surface area contributed by atoms with E-state index in [0.717, 1.165) is 45.4 Å². The van der Waals surface area contributed by atoms with E-state index < -0.39 is 0 Å². The van der Waals surface area contributed by atoms with Crippen molar-refractivity contribution >= 4 is 27.5 Å². The van der Waals surface area contributed by atoms with Gasteiger partial charge in [0.05, 0.1) is 35.8 Å². The van der Waals surface area contributed by atoms with Crippen LogP contribution in [0.4, 0.5) is 10.1 Å². The third kappa shape index (κ3) is 3.28. The fraction of sp³-hybridized carbons (Fsp3) is 0.125. The standard InChI is InChI=1S/C24H19FN6/c1-2-30-23-9-5-17(25)11-21(23)22-12-19(8-10-24(22)30)31-20(15-28-29-31)14-27-18-6-3-16(13-26)4-7-18/h3-12,15,27H,2,14H2,1H3. The van der Waals surface area contributed by atoms with Crippen LogP contribution in [0.1, 0.15) is 18.2 Å². The van der Waals surface area contributed by atoms with E-state index >= 15 is 0 Å². The van der Waals surface area contributed by atoms with Crippen LogP contribution < -0.4 is 5.32 Å². The maximum absolute atomic E-state index is 14.0. The van der Waals surface area contributed by atoms with Gasteiger partial charge in [0.15, 0.2) is 0 Å². The van der Waals surface area contributed by atoms with Crippen LogP contribution in [0.3, 0.4) is 0 Å². The number of nitriles is 1. The molecule has 0 radical (unpaired) electrons. The van der Waals surface area contributed by atoms with Gasteiger partial charge in [0, 0.05) is 34.0 Å². The zero-order chi connectivity index (χ0) is 21.4. The van der Waals surface area contributed by atoms with E-state index in [-0.39, 0.29) is 5.82 Å². The van der Waals surface area contributed by atoms with Gasteiger partial charge in [-0.3, -0.25) is 0 Å². The summed E-state index contributed by atoms with van der Waals surface area (Å²) in [7, 11) is 0. The fourth-order valence-electron chi connectivity index (χ4n) is 3.99. The van der Waals surface area contributed by atoms with Crippen molar-refractivity contribution in [1.82, 2.24) is 19.6 Å². The first-order valence-corrected chi connectivity index (χ1v) is 10.0. The Hall–Kier alpha value is -4.18. The summed E-state index contributed by atoms with van der Waals surface area (Å²) in [5.41, 5.74) is 5.34. The highest BCUT2D eigenvalue weighted by Crippen LogP contribution is 2.31. The molecule has 31 heavy (non-hydrogen) atoms. The van der Waals surface area contributed by atoms with Gasteiger partial charge >= 0.3 is 0 Å². The summed E-state index contributed by atoms with van der Waals surface area (Å²) in [6.07, 6.45) is 1.72.